The molecular formula is C17H17N. The number of para-hydroxylation sites is 1. The first kappa shape index (κ1) is 11.1. The van der Waals surface area contributed by atoms with Gasteiger partial charge in [-0.05, 0) is 23.6 Å². The Morgan fingerprint density at radius 1 is 0.889 bits per heavy atom. The third-order valence-corrected chi connectivity index (χ3v) is 3.50. The largest absolute Gasteiger partial charge is 0.374 e. The minimum absolute atomic E-state index is 1.08. The summed E-state index contributed by atoms with van der Waals surface area (Å²) in [7, 11) is 2.17. The lowest BCUT2D eigenvalue weighted by molar-refractivity contribution is 0.906. The predicted octanol–water partition coefficient (Wildman–Crippen LogP) is 3.96. The lowest BCUT2D eigenvalue weighted by atomic mass is 9.96. The van der Waals surface area contributed by atoms with Gasteiger partial charge in [0.2, 0.25) is 0 Å². The molecule has 0 bridgehead atoms. The van der Waals surface area contributed by atoms with Gasteiger partial charge in [0.05, 0.1) is 0 Å². The zero-order chi connectivity index (χ0) is 12.4. The molecule has 0 atom stereocenters. The number of nitrogens with zero attached hydrogens (tertiary/aromatic N) is 1. The van der Waals surface area contributed by atoms with Gasteiger partial charge in [0, 0.05) is 24.8 Å². The van der Waals surface area contributed by atoms with Gasteiger partial charge in [-0.1, -0.05) is 54.6 Å². The Labute approximate surface area is 108 Å². The summed E-state index contributed by atoms with van der Waals surface area (Å²) in [5.41, 5.74) is 5.32. The molecule has 0 radical (unpaired) electrons. The smallest absolute Gasteiger partial charge is 0.0443 e. The van der Waals surface area contributed by atoms with E-state index in [9.17, 15) is 0 Å². The highest BCUT2D eigenvalue weighted by Gasteiger charge is 2.14. The molecule has 0 aromatic heterocycles. The van der Waals surface area contributed by atoms with E-state index in [1.807, 2.05) is 0 Å². The van der Waals surface area contributed by atoms with Crippen LogP contribution in [0.4, 0.5) is 5.69 Å². The van der Waals surface area contributed by atoms with Crippen molar-refractivity contribution in [1.82, 2.24) is 0 Å². The zero-order valence-electron chi connectivity index (χ0n) is 10.6. The van der Waals surface area contributed by atoms with Crippen molar-refractivity contribution in [2.24, 2.45) is 0 Å². The van der Waals surface area contributed by atoms with Crippen molar-refractivity contribution in [3.05, 3.63) is 71.8 Å². The van der Waals surface area contributed by atoms with Crippen molar-refractivity contribution >= 4 is 11.3 Å². The van der Waals surface area contributed by atoms with Gasteiger partial charge in [-0.3, -0.25) is 0 Å². The Morgan fingerprint density at radius 3 is 2.44 bits per heavy atom. The second-order valence-electron chi connectivity index (χ2n) is 4.71. The molecule has 1 heteroatoms. The molecule has 3 rings (SSSR count). The molecule has 0 N–H and O–H groups in total. The van der Waals surface area contributed by atoms with Gasteiger partial charge in [-0.2, -0.15) is 0 Å². The quantitative estimate of drug-likeness (QED) is 0.723. The molecule has 0 spiro atoms. The molecule has 1 aliphatic rings. The molecule has 1 heterocycles. The highest BCUT2D eigenvalue weighted by molar-refractivity contribution is 5.87. The summed E-state index contributed by atoms with van der Waals surface area (Å²) in [6, 6.07) is 19.3. The summed E-state index contributed by atoms with van der Waals surface area (Å²) < 4.78 is 0. The highest BCUT2D eigenvalue weighted by Crippen LogP contribution is 2.33. The first-order chi connectivity index (χ1) is 8.86. The fourth-order valence-electron chi connectivity index (χ4n) is 2.56. The van der Waals surface area contributed by atoms with E-state index < -0.39 is 0 Å². The van der Waals surface area contributed by atoms with Gasteiger partial charge in [0.1, 0.15) is 0 Å². The van der Waals surface area contributed by atoms with Gasteiger partial charge < -0.3 is 4.90 Å². The van der Waals surface area contributed by atoms with Crippen molar-refractivity contribution in [1.29, 1.82) is 0 Å². The first-order valence-corrected chi connectivity index (χ1v) is 6.42. The summed E-state index contributed by atoms with van der Waals surface area (Å²) >= 11 is 0. The third-order valence-electron chi connectivity index (χ3n) is 3.50. The van der Waals surface area contributed by atoms with Crippen molar-refractivity contribution < 1.29 is 0 Å². The summed E-state index contributed by atoms with van der Waals surface area (Å²) in [6.45, 7) is 1.08. The SMILES string of the molecule is CN1CCC=C(c2ccccc2)c2ccccc21. The maximum absolute atomic E-state index is 2.36. The van der Waals surface area contributed by atoms with Crippen LogP contribution in [0.2, 0.25) is 0 Å². The van der Waals surface area contributed by atoms with Gasteiger partial charge in [0.15, 0.2) is 0 Å². The summed E-state index contributed by atoms with van der Waals surface area (Å²) in [4.78, 5) is 2.34. The minimum Gasteiger partial charge on any atom is -0.374 e. The van der Waals surface area contributed by atoms with E-state index in [0.717, 1.165) is 13.0 Å². The fraction of sp³-hybridized carbons (Fsp3) is 0.176. The van der Waals surface area contributed by atoms with Crippen LogP contribution in [0.5, 0.6) is 0 Å². The highest BCUT2D eigenvalue weighted by atomic mass is 15.1. The van der Waals surface area contributed by atoms with Crippen LogP contribution in [0.25, 0.3) is 5.57 Å². The van der Waals surface area contributed by atoms with Crippen LogP contribution in [-0.4, -0.2) is 13.6 Å². The van der Waals surface area contributed by atoms with Crippen LogP contribution >= 0.6 is 0 Å². The molecule has 90 valence electrons. The lowest BCUT2D eigenvalue weighted by Gasteiger charge is -2.20. The van der Waals surface area contributed by atoms with Crippen molar-refractivity contribution in [2.45, 2.75) is 6.42 Å². The number of rotatable bonds is 1. The molecule has 0 amide bonds. The standard InChI is InChI=1S/C17H17N/c1-18-13-7-11-15(14-8-3-2-4-9-14)16-10-5-6-12-17(16)18/h2-6,8-12H,7,13H2,1H3. The number of hydrogen-bond acceptors (Lipinski definition) is 1. The van der Waals surface area contributed by atoms with Crippen molar-refractivity contribution in [2.75, 3.05) is 18.5 Å². The topological polar surface area (TPSA) is 3.24 Å². The van der Waals surface area contributed by atoms with Crippen molar-refractivity contribution in [3.8, 4) is 0 Å². The van der Waals surface area contributed by atoms with Gasteiger partial charge >= 0.3 is 0 Å². The summed E-state index contributed by atoms with van der Waals surface area (Å²) in [5, 5.41) is 0. The maximum atomic E-state index is 2.36. The molecule has 0 aliphatic carbocycles. The van der Waals surface area contributed by atoms with Crippen LogP contribution in [0.1, 0.15) is 17.5 Å². The number of anilines is 1. The molecule has 2 aromatic carbocycles. The van der Waals surface area contributed by atoms with Crippen molar-refractivity contribution in [3.63, 3.8) is 0 Å². The number of benzene rings is 2. The Morgan fingerprint density at radius 2 is 1.61 bits per heavy atom. The Hall–Kier alpha value is -2.02. The van der Waals surface area contributed by atoms with E-state index in [1.165, 1.54) is 22.4 Å². The average molecular weight is 235 g/mol. The second kappa shape index (κ2) is 4.69. The molecule has 0 saturated carbocycles. The normalized spacial score (nSPS) is 14.7. The number of fused-ring (bicyclic) bond motifs is 1. The molecule has 0 fully saturated rings. The molecule has 1 aliphatic heterocycles. The van der Waals surface area contributed by atoms with Gasteiger partial charge in [-0.15, -0.1) is 0 Å². The molecular weight excluding hydrogens is 218 g/mol. The minimum atomic E-state index is 1.08. The van der Waals surface area contributed by atoms with E-state index in [2.05, 4.69) is 72.6 Å². The maximum Gasteiger partial charge on any atom is 0.0443 e. The molecule has 0 unspecified atom stereocenters. The van der Waals surface area contributed by atoms with Crippen LogP contribution in [0, 0.1) is 0 Å². The van der Waals surface area contributed by atoms with E-state index >= 15 is 0 Å². The van der Waals surface area contributed by atoms with Gasteiger partial charge in [-0.25, -0.2) is 0 Å². The lowest BCUT2D eigenvalue weighted by Crippen LogP contribution is -2.17. The fourth-order valence-corrected chi connectivity index (χ4v) is 2.56. The molecule has 1 nitrogen and oxygen atoms in total. The van der Waals surface area contributed by atoms with E-state index in [1.54, 1.807) is 0 Å². The number of hydrogen-bond donors (Lipinski definition) is 0. The van der Waals surface area contributed by atoms with Crippen LogP contribution in [0.3, 0.4) is 0 Å². The summed E-state index contributed by atoms with van der Waals surface area (Å²) in [5.74, 6) is 0. The van der Waals surface area contributed by atoms with E-state index in [-0.39, 0.29) is 0 Å². The second-order valence-corrected chi connectivity index (χ2v) is 4.71. The Balaban J connectivity index is 2.16. The Kier molecular flexibility index (Phi) is 2.89. The molecule has 0 saturated heterocycles. The zero-order valence-corrected chi connectivity index (χ0v) is 10.6. The van der Waals surface area contributed by atoms with Crippen LogP contribution < -0.4 is 4.90 Å². The average Bonchev–Trinajstić information content (AvgIpc) is 2.60. The predicted molar refractivity (Wildman–Crippen MR) is 77.9 cm³/mol. The van der Waals surface area contributed by atoms with Gasteiger partial charge in [0.25, 0.3) is 0 Å². The van der Waals surface area contributed by atoms with E-state index in [0.29, 0.717) is 0 Å². The third kappa shape index (κ3) is 1.92. The van der Waals surface area contributed by atoms with Crippen LogP contribution in [-0.2, 0) is 0 Å². The van der Waals surface area contributed by atoms with Crippen LogP contribution in [0.15, 0.2) is 60.7 Å². The molecule has 2 aromatic rings. The Bertz CT molecular complexity index is 569. The molecule has 18 heavy (non-hydrogen) atoms. The van der Waals surface area contributed by atoms with E-state index in [4.69, 9.17) is 0 Å². The monoisotopic (exact) mass is 235 g/mol. The first-order valence-electron chi connectivity index (χ1n) is 6.42. The summed E-state index contributed by atoms with van der Waals surface area (Å²) in [6.07, 6.45) is 3.45.